The lowest BCUT2D eigenvalue weighted by atomic mass is 10.1. The second-order valence-electron chi connectivity index (χ2n) is 4.56. The Balaban J connectivity index is 0.00000127. The van der Waals surface area contributed by atoms with Gasteiger partial charge in [0, 0.05) is 5.56 Å². The van der Waals surface area contributed by atoms with Crippen LogP contribution in [0.25, 0.3) is 23.6 Å². The van der Waals surface area contributed by atoms with Crippen molar-refractivity contribution in [2.24, 2.45) is 0 Å². The smallest absolute Gasteiger partial charge is 0.231 e. The summed E-state index contributed by atoms with van der Waals surface area (Å²) in [4.78, 5) is 16.9. The SMILES string of the molecule is C/C=c1/nc2c(OC)c(OC)c(=O)c(C)c-2o/c1=C/CC.CC. The average Bonchev–Trinajstić information content (AvgIpc) is 2.59. The molecule has 0 aromatic heterocycles. The molecule has 0 bridgehead atoms. The zero-order valence-electron chi connectivity index (χ0n) is 14.9. The number of fused-ring (bicyclic) bond motifs is 1. The number of hydrogen-bond acceptors (Lipinski definition) is 5. The van der Waals surface area contributed by atoms with Crippen LogP contribution in [-0.4, -0.2) is 19.2 Å². The summed E-state index contributed by atoms with van der Waals surface area (Å²) in [7, 11) is 2.92. The summed E-state index contributed by atoms with van der Waals surface area (Å²) in [5.74, 6) is 0.889. The summed E-state index contributed by atoms with van der Waals surface area (Å²) in [6.07, 6.45) is 4.60. The van der Waals surface area contributed by atoms with E-state index in [1.807, 2.05) is 39.8 Å². The van der Waals surface area contributed by atoms with Crippen LogP contribution in [0.2, 0.25) is 0 Å². The quantitative estimate of drug-likeness (QED) is 0.870. The third kappa shape index (κ3) is 3.38. The molecular weight excluding hydrogens is 294 g/mol. The van der Waals surface area contributed by atoms with Crippen molar-refractivity contribution in [2.75, 3.05) is 14.2 Å². The number of benzene rings is 1. The molecule has 0 saturated heterocycles. The predicted octanol–water partition coefficient (Wildman–Crippen LogP) is 2.48. The summed E-state index contributed by atoms with van der Waals surface area (Å²) in [5, 5.41) is 0.711. The predicted molar refractivity (Wildman–Crippen MR) is 92.7 cm³/mol. The van der Waals surface area contributed by atoms with E-state index in [1.165, 1.54) is 14.2 Å². The number of methoxy groups -OCH3 is 2. The first-order chi connectivity index (χ1) is 11.1. The standard InChI is InChI=1S/C16H19NO4.C2H6/c1-6-8-11-10(7-2)17-12-14(21-11)9(3)13(18)16(20-5)15(12)19-4;1-2/h7-8H,6H2,1-5H3;1-2H3/b10-7+,11-8+;. The topological polar surface area (TPSA) is 61.6 Å². The van der Waals surface area contributed by atoms with Gasteiger partial charge in [-0.2, -0.15) is 0 Å². The molecule has 0 atom stereocenters. The molecule has 0 unspecified atom stereocenters. The van der Waals surface area contributed by atoms with E-state index in [0.717, 1.165) is 6.42 Å². The largest absolute Gasteiger partial charge is 0.491 e. The van der Waals surface area contributed by atoms with Gasteiger partial charge in [0.05, 0.1) is 14.2 Å². The molecule has 0 fully saturated rings. The second kappa shape index (κ2) is 8.36. The summed E-state index contributed by atoms with van der Waals surface area (Å²) in [6.45, 7) is 9.59. The Bertz CT molecular complexity index is 805. The van der Waals surface area contributed by atoms with E-state index >= 15 is 0 Å². The summed E-state index contributed by atoms with van der Waals surface area (Å²) < 4.78 is 16.4. The molecule has 1 aliphatic carbocycles. The lowest BCUT2D eigenvalue weighted by Gasteiger charge is -2.14. The van der Waals surface area contributed by atoms with Crippen molar-refractivity contribution < 1.29 is 13.9 Å². The highest BCUT2D eigenvalue weighted by atomic mass is 16.5. The lowest BCUT2D eigenvalue weighted by Crippen LogP contribution is -2.30. The van der Waals surface area contributed by atoms with Crippen molar-refractivity contribution in [3.63, 3.8) is 0 Å². The highest BCUT2D eigenvalue weighted by Crippen LogP contribution is 2.35. The van der Waals surface area contributed by atoms with E-state index in [2.05, 4.69) is 4.98 Å². The fraction of sp³-hybridized carbons (Fsp3) is 0.444. The van der Waals surface area contributed by atoms with Crippen molar-refractivity contribution in [3.8, 4) is 23.0 Å². The highest BCUT2D eigenvalue weighted by Gasteiger charge is 2.25. The number of rotatable bonds is 3. The zero-order valence-corrected chi connectivity index (χ0v) is 14.9. The monoisotopic (exact) mass is 319 g/mol. The van der Waals surface area contributed by atoms with Crippen molar-refractivity contribution in [1.29, 1.82) is 0 Å². The Morgan fingerprint density at radius 1 is 1.17 bits per heavy atom. The molecule has 1 aliphatic heterocycles. The van der Waals surface area contributed by atoms with Crippen molar-refractivity contribution in [3.05, 3.63) is 26.6 Å². The Labute approximate surface area is 136 Å². The molecule has 0 saturated carbocycles. The molecular formula is C18H25NO4. The van der Waals surface area contributed by atoms with E-state index < -0.39 is 0 Å². The van der Waals surface area contributed by atoms with E-state index in [0.29, 0.717) is 33.5 Å². The Morgan fingerprint density at radius 2 is 1.78 bits per heavy atom. The fourth-order valence-corrected chi connectivity index (χ4v) is 2.24. The van der Waals surface area contributed by atoms with E-state index in [4.69, 9.17) is 13.9 Å². The number of hydrogen-bond donors (Lipinski definition) is 0. The van der Waals surface area contributed by atoms with Crippen LogP contribution in [0, 0.1) is 6.92 Å². The molecule has 0 amide bonds. The first-order valence-corrected chi connectivity index (χ1v) is 7.80. The van der Waals surface area contributed by atoms with Gasteiger partial charge in [0.15, 0.2) is 17.2 Å². The van der Waals surface area contributed by atoms with E-state index in [9.17, 15) is 4.79 Å². The van der Waals surface area contributed by atoms with Crippen molar-refractivity contribution >= 4 is 12.2 Å². The molecule has 0 aromatic carbocycles. The first kappa shape index (κ1) is 18.7. The molecule has 0 N–H and O–H groups in total. The number of aromatic nitrogens is 1. The summed E-state index contributed by atoms with van der Waals surface area (Å²) in [5.41, 5.74) is 1.36. The van der Waals surface area contributed by atoms with Gasteiger partial charge in [-0.1, -0.05) is 26.8 Å². The minimum absolute atomic E-state index is 0.152. The van der Waals surface area contributed by atoms with Crippen LogP contribution in [0.5, 0.6) is 11.5 Å². The van der Waals surface area contributed by atoms with Gasteiger partial charge < -0.3 is 13.9 Å². The van der Waals surface area contributed by atoms with Crippen LogP contribution in [0.4, 0.5) is 0 Å². The van der Waals surface area contributed by atoms with Crippen LogP contribution in [0.3, 0.4) is 0 Å². The average molecular weight is 319 g/mol. The van der Waals surface area contributed by atoms with Crippen LogP contribution in [-0.2, 0) is 0 Å². The third-order valence-corrected chi connectivity index (χ3v) is 3.29. The van der Waals surface area contributed by atoms with Gasteiger partial charge in [0.2, 0.25) is 11.2 Å². The normalized spacial score (nSPS) is 12.1. The zero-order chi connectivity index (χ0) is 17.6. The van der Waals surface area contributed by atoms with Crippen LogP contribution in [0.15, 0.2) is 9.21 Å². The van der Waals surface area contributed by atoms with Crippen LogP contribution in [0.1, 0.15) is 39.7 Å². The van der Waals surface area contributed by atoms with Gasteiger partial charge in [-0.25, -0.2) is 4.98 Å². The van der Waals surface area contributed by atoms with Crippen molar-refractivity contribution in [2.45, 2.75) is 41.0 Å². The second-order valence-corrected chi connectivity index (χ2v) is 4.56. The maximum absolute atomic E-state index is 12.3. The summed E-state index contributed by atoms with van der Waals surface area (Å²) >= 11 is 0. The van der Waals surface area contributed by atoms with E-state index in [-0.39, 0.29) is 11.2 Å². The van der Waals surface area contributed by atoms with Gasteiger partial charge in [-0.3, -0.25) is 4.79 Å². The molecule has 0 radical (unpaired) electrons. The minimum Gasteiger partial charge on any atom is -0.491 e. The molecule has 126 valence electrons. The van der Waals surface area contributed by atoms with Gasteiger partial charge in [-0.05, 0) is 26.3 Å². The number of ether oxygens (including phenoxy) is 2. The Kier molecular flexibility index (Phi) is 6.82. The van der Waals surface area contributed by atoms with Gasteiger partial charge >= 0.3 is 0 Å². The molecule has 1 heterocycles. The van der Waals surface area contributed by atoms with Crippen LogP contribution >= 0.6 is 0 Å². The van der Waals surface area contributed by atoms with Gasteiger partial charge in [0.1, 0.15) is 10.8 Å². The van der Waals surface area contributed by atoms with Crippen LogP contribution < -0.4 is 25.7 Å². The highest BCUT2D eigenvalue weighted by molar-refractivity contribution is 5.71. The molecule has 0 aromatic rings. The molecule has 5 nitrogen and oxygen atoms in total. The molecule has 5 heteroatoms. The van der Waals surface area contributed by atoms with Crippen molar-refractivity contribution in [1.82, 2.24) is 4.98 Å². The fourth-order valence-electron chi connectivity index (χ4n) is 2.24. The van der Waals surface area contributed by atoms with E-state index in [1.54, 1.807) is 6.92 Å². The van der Waals surface area contributed by atoms with Gasteiger partial charge in [0.25, 0.3) is 0 Å². The Hall–Kier alpha value is -2.30. The molecule has 2 rings (SSSR count). The molecule has 2 aliphatic rings. The first-order valence-electron chi connectivity index (χ1n) is 7.80. The Morgan fingerprint density at radius 3 is 2.26 bits per heavy atom. The molecule has 23 heavy (non-hydrogen) atoms. The molecule has 0 spiro atoms. The number of nitrogens with zero attached hydrogens (tertiary/aromatic N) is 1. The maximum atomic E-state index is 12.3. The maximum Gasteiger partial charge on any atom is 0.231 e. The minimum atomic E-state index is -0.247. The lowest BCUT2D eigenvalue weighted by molar-refractivity contribution is 0.349. The van der Waals surface area contributed by atoms with Gasteiger partial charge in [-0.15, -0.1) is 0 Å². The summed E-state index contributed by atoms with van der Waals surface area (Å²) in [6, 6.07) is 0. The third-order valence-electron chi connectivity index (χ3n) is 3.29.